The van der Waals surface area contributed by atoms with Crippen LogP contribution in [0.25, 0.3) is 0 Å². The molecule has 5 nitrogen and oxygen atoms in total. The number of nitro benzene ring substituents is 1. The van der Waals surface area contributed by atoms with Gasteiger partial charge in [0.25, 0.3) is 5.69 Å². The highest BCUT2D eigenvalue weighted by Crippen LogP contribution is 2.23. The highest BCUT2D eigenvalue weighted by atomic mass is 19.1. The Hall–Kier alpha value is -1.53. The molecular weight excluding hydrogens is 203 g/mol. The molecule has 0 saturated heterocycles. The van der Waals surface area contributed by atoms with Crippen molar-refractivity contribution in [3.63, 3.8) is 0 Å². The summed E-state index contributed by atoms with van der Waals surface area (Å²) in [6, 6.07) is 3.14. The number of non-ortho nitro benzene ring substituents is 1. The van der Waals surface area contributed by atoms with Gasteiger partial charge < -0.3 is 10.8 Å². The van der Waals surface area contributed by atoms with Gasteiger partial charge in [-0.15, -0.1) is 0 Å². The van der Waals surface area contributed by atoms with E-state index in [9.17, 15) is 19.6 Å². The zero-order valence-electron chi connectivity index (χ0n) is 7.89. The van der Waals surface area contributed by atoms with E-state index in [2.05, 4.69) is 0 Å². The van der Waals surface area contributed by atoms with E-state index in [0.717, 1.165) is 12.1 Å². The number of halogens is 1. The third kappa shape index (κ3) is 2.71. The molecule has 0 bridgehead atoms. The molecule has 0 aliphatic carbocycles. The lowest BCUT2D eigenvalue weighted by atomic mass is 10.1. The largest absolute Gasteiger partial charge is 0.388 e. The second-order valence-electron chi connectivity index (χ2n) is 3.06. The SMILES string of the molecule is NCC[C@@H](O)c1ccc([N+](=O)[O-])cc1F. The Kier molecular flexibility index (Phi) is 3.70. The van der Waals surface area contributed by atoms with Crippen molar-refractivity contribution in [2.24, 2.45) is 5.73 Å². The molecule has 6 heteroatoms. The Morgan fingerprint density at radius 2 is 2.27 bits per heavy atom. The summed E-state index contributed by atoms with van der Waals surface area (Å²) in [6.07, 6.45) is -0.801. The fourth-order valence-corrected chi connectivity index (χ4v) is 1.21. The first kappa shape index (κ1) is 11.5. The summed E-state index contributed by atoms with van der Waals surface area (Å²) in [5, 5.41) is 19.8. The van der Waals surface area contributed by atoms with Crippen LogP contribution in [-0.4, -0.2) is 16.6 Å². The third-order valence-corrected chi connectivity index (χ3v) is 1.99. The number of nitrogens with two attached hydrogens (primary N) is 1. The normalized spacial score (nSPS) is 12.5. The molecule has 1 rings (SSSR count). The summed E-state index contributed by atoms with van der Waals surface area (Å²) in [7, 11) is 0. The van der Waals surface area contributed by atoms with Gasteiger partial charge >= 0.3 is 0 Å². The molecule has 3 N–H and O–H groups in total. The van der Waals surface area contributed by atoms with Crippen LogP contribution in [0.5, 0.6) is 0 Å². The minimum absolute atomic E-state index is 0.0334. The van der Waals surface area contributed by atoms with E-state index in [1.807, 2.05) is 0 Å². The van der Waals surface area contributed by atoms with Crippen LogP contribution in [0.1, 0.15) is 18.1 Å². The molecule has 0 aliphatic rings. The van der Waals surface area contributed by atoms with E-state index in [1.54, 1.807) is 0 Å². The highest BCUT2D eigenvalue weighted by molar-refractivity contribution is 5.35. The molecule has 0 radical (unpaired) electrons. The van der Waals surface area contributed by atoms with Crippen molar-refractivity contribution >= 4 is 5.69 Å². The van der Waals surface area contributed by atoms with Crippen molar-refractivity contribution in [1.82, 2.24) is 0 Å². The van der Waals surface area contributed by atoms with E-state index < -0.39 is 16.8 Å². The Bertz CT molecular complexity index is 370. The standard InChI is InChI=1S/C9H11FN2O3/c10-8-5-6(12(14)15)1-2-7(8)9(13)3-4-11/h1-2,5,9,13H,3-4,11H2/t9-/m1/s1. The fraction of sp³-hybridized carbons (Fsp3) is 0.333. The lowest BCUT2D eigenvalue weighted by molar-refractivity contribution is -0.385. The minimum Gasteiger partial charge on any atom is -0.388 e. The van der Waals surface area contributed by atoms with Crippen molar-refractivity contribution in [3.8, 4) is 0 Å². The van der Waals surface area contributed by atoms with Crippen molar-refractivity contribution in [2.45, 2.75) is 12.5 Å². The first-order valence-corrected chi connectivity index (χ1v) is 4.38. The van der Waals surface area contributed by atoms with Crippen LogP contribution in [-0.2, 0) is 0 Å². The van der Waals surface area contributed by atoms with Crippen molar-refractivity contribution in [3.05, 3.63) is 39.7 Å². The number of hydrogen-bond donors (Lipinski definition) is 2. The second kappa shape index (κ2) is 4.81. The summed E-state index contributed by atoms with van der Waals surface area (Å²) < 4.78 is 13.3. The van der Waals surface area contributed by atoms with Crippen LogP contribution in [0.4, 0.5) is 10.1 Å². The number of aliphatic hydroxyl groups excluding tert-OH is 1. The van der Waals surface area contributed by atoms with Gasteiger partial charge in [-0.05, 0) is 19.0 Å². The van der Waals surface area contributed by atoms with Gasteiger partial charge in [-0.3, -0.25) is 10.1 Å². The van der Waals surface area contributed by atoms with E-state index in [4.69, 9.17) is 5.73 Å². The Morgan fingerprint density at radius 1 is 1.60 bits per heavy atom. The Labute approximate surface area is 85.5 Å². The molecule has 0 fully saturated rings. The monoisotopic (exact) mass is 214 g/mol. The van der Waals surface area contributed by atoms with Crippen LogP contribution in [0.2, 0.25) is 0 Å². The second-order valence-corrected chi connectivity index (χ2v) is 3.06. The predicted octanol–water partition coefficient (Wildman–Crippen LogP) is 1.12. The molecule has 0 amide bonds. The van der Waals surface area contributed by atoms with Gasteiger partial charge in [-0.25, -0.2) is 4.39 Å². The number of nitro groups is 1. The summed E-state index contributed by atoms with van der Waals surface area (Å²) in [5.41, 5.74) is 4.90. The smallest absolute Gasteiger partial charge is 0.272 e. The number of rotatable bonds is 4. The fourth-order valence-electron chi connectivity index (χ4n) is 1.21. The number of benzene rings is 1. The highest BCUT2D eigenvalue weighted by Gasteiger charge is 2.15. The van der Waals surface area contributed by atoms with Gasteiger partial charge in [0.05, 0.1) is 17.1 Å². The minimum atomic E-state index is -1.02. The molecule has 1 aromatic rings. The van der Waals surface area contributed by atoms with Gasteiger partial charge in [0.15, 0.2) is 0 Å². The quantitative estimate of drug-likeness (QED) is 0.580. The molecule has 0 spiro atoms. The molecule has 1 atom stereocenters. The maximum absolute atomic E-state index is 13.3. The van der Waals surface area contributed by atoms with Crippen LogP contribution >= 0.6 is 0 Å². The maximum Gasteiger partial charge on any atom is 0.272 e. The Balaban J connectivity index is 2.97. The third-order valence-electron chi connectivity index (χ3n) is 1.99. The lowest BCUT2D eigenvalue weighted by Crippen LogP contribution is -2.08. The lowest BCUT2D eigenvalue weighted by Gasteiger charge is -2.09. The molecule has 0 aromatic heterocycles. The molecular formula is C9H11FN2O3. The molecule has 0 unspecified atom stereocenters. The molecule has 0 heterocycles. The average Bonchev–Trinajstić information content (AvgIpc) is 2.17. The number of aliphatic hydroxyl groups is 1. The summed E-state index contributed by atoms with van der Waals surface area (Å²) >= 11 is 0. The van der Waals surface area contributed by atoms with E-state index >= 15 is 0 Å². The van der Waals surface area contributed by atoms with Gasteiger partial charge in [-0.1, -0.05) is 0 Å². The zero-order chi connectivity index (χ0) is 11.4. The van der Waals surface area contributed by atoms with Crippen LogP contribution in [0, 0.1) is 15.9 Å². The van der Waals surface area contributed by atoms with Crippen LogP contribution < -0.4 is 5.73 Å². The number of nitrogens with zero attached hydrogens (tertiary/aromatic N) is 1. The summed E-state index contributed by atoms with van der Waals surface area (Å²) in [6.45, 7) is 0.220. The first-order chi connectivity index (χ1) is 7.06. The van der Waals surface area contributed by atoms with E-state index in [-0.39, 0.29) is 24.2 Å². The predicted molar refractivity (Wildman–Crippen MR) is 51.7 cm³/mol. The first-order valence-electron chi connectivity index (χ1n) is 4.38. The number of hydrogen-bond acceptors (Lipinski definition) is 4. The van der Waals surface area contributed by atoms with Crippen molar-refractivity contribution < 1.29 is 14.4 Å². The zero-order valence-corrected chi connectivity index (χ0v) is 7.89. The van der Waals surface area contributed by atoms with Crippen molar-refractivity contribution in [1.29, 1.82) is 0 Å². The van der Waals surface area contributed by atoms with Crippen LogP contribution in [0.3, 0.4) is 0 Å². The average molecular weight is 214 g/mol. The van der Waals surface area contributed by atoms with Gasteiger partial charge in [0, 0.05) is 11.6 Å². The molecule has 15 heavy (non-hydrogen) atoms. The maximum atomic E-state index is 13.3. The summed E-state index contributed by atoms with van der Waals surface area (Å²) in [4.78, 5) is 9.62. The molecule has 0 saturated carbocycles. The molecule has 1 aromatic carbocycles. The van der Waals surface area contributed by atoms with Gasteiger partial charge in [0.2, 0.25) is 0 Å². The Morgan fingerprint density at radius 3 is 2.73 bits per heavy atom. The van der Waals surface area contributed by atoms with E-state index in [1.165, 1.54) is 6.07 Å². The van der Waals surface area contributed by atoms with Crippen LogP contribution in [0.15, 0.2) is 18.2 Å². The topological polar surface area (TPSA) is 89.4 Å². The molecule has 82 valence electrons. The van der Waals surface area contributed by atoms with Crippen molar-refractivity contribution in [2.75, 3.05) is 6.54 Å². The summed E-state index contributed by atoms with van der Waals surface area (Å²) in [5.74, 6) is -0.787. The van der Waals surface area contributed by atoms with E-state index in [0.29, 0.717) is 0 Å². The molecule has 0 aliphatic heterocycles. The van der Waals surface area contributed by atoms with Gasteiger partial charge in [0.1, 0.15) is 5.82 Å². The van der Waals surface area contributed by atoms with Gasteiger partial charge in [-0.2, -0.15) is 0 Å².